The van der Waals surface area contributed by atoms with Gasteiger partial charge in [0, 0.05) is 29.2 Å². The molecule has 0 aliphatic rings. The molecule has 4 heteroatoms. The Labute approximate surface area is 129 Å². The molecule has 1 aromatic carbocycles. The molecule has 106 valence electrons. The summed E-state index contributed by atoms with van der Waals surface area (Å²) in [6.45, 7) is 7.21. The van der Waals surface area contributed by atoms with Crippen molar-refractivity contribution >= 4 is 15.9 Å². The van der Waals surface area contributed by atoms with Gasteiger partial charge in [-0.3, -0.25) is 0 Å². The topological polar surface area (TPSA) is 37.8 Å². The summed E-state index contributed by atoms with van der Waals surface area (Å²) in [5.74, 6) is 0.862. The van der Waals surface area contributed by atoms with Crippen molar-refractivity contribution in [2.45, 2.75) is 39.3 Å². The van der Waals surface area contributed by atoms with Crippen molar-refractivity contribution in [3.05, 3.63) is 58.1 Å². The zero-order valence-corrected chi connectivity index (χ0v) is 13.7. The molecule has 0 aliphatic carbocycles. The van der Waals surface area contributed by atoms with Gasteiger partial charge in [0.1, 0.15) is 5.82 Å². The Balaban J connectivity index is 2.04. The highest BCUT2D eigenvalue weighted by Crippen LogP contribution is 2.12. The van der Waals surface area contributed by atoms with E-state index in [1.807, 2.05) is 24.4 Å². The summed E-state index contributed by atoms with van der Waals surface area (Å²) in [5.41, 5.74) is 2.34. The summed E-state index contributed by atoms with van der Waals surface area (Å²) in [6, 6.07) is 10.2. The SMILES string of the molecule is CC(C)(C)NCc1ccnc(Cc2ccc(Br)cc2)n1. The lowest BCUT2D eigenvalue weighted by molar-refractivity contribution is 0.420. The number of nitrogens with one attached hydrogen (secondary N) is 1. The lowest BCUT2D eigenvalue weighted by atomic mass is 10.1. The highest BCUT2D eigenvalue weighted by Gasteiger charge is 2.09. The molecule has 1 aromatic heterocycles. The molecule has 0 atom stereocenters. The fourth-order valence-electron chi connectivity index (χ4n) is 1.77. The maximum absolute atomic E-state index is 4.61. The molecule has 0 spiro atoms. The van der Waals surface area contributed by atoms with E-state index in [2.05, 4.69) is 64.1 Å². The van der Waals surface area contributed by atoms with Crippen LogP contribution in [0.5, 0.6) is 0 Å². The maximum Gasteiger partial charge on any atom is 0.132 e. The number of aromatic nitrogens is 2. The molecule has 20 heavy (non-hydrogen) atoms. The first-order valence-corrected chi connectivity index (χ1v) is 7.52. The third kappa shape index (κ3) is 5.02. The molecule has 1 N–H and O–H groups in total. The third-order valence-corrected chi connectivity index (χ3v) is 3.37. The predicted octanol–water partition coefficient (Wildman–Crippen LogP) is 3.72. The van der Waals surface area contributed by atoms with Crippen LogP contribution in [0.25, 0.3) is 0 Å². The molecule has 1 heterocycles. The van der Waals surface area contributed by atoms with Crippen LogP contribution < -0.4 is 5.32 Å². The average molecular weight is 334 g/mol. The van der Waals surface area contributed by atoms with Crippen LogP contribution in [0, 0.1) is 0 Å². The minimum absolute atomic E-state index is 0.0941. The first kappa shape index (κ1) is 15.1. The van der Waals surface area contributed by atoms with E-state index < -0.39 is 0 Å². The van der Waals surface area contributed by atoms with Gasteiger partial charge in [0.2, 0.25) is 0 Å². The normalized spacial score (nSPS) is 11.6. The van der Waals surface area contributed by atoms with Crippen molar-refractivity contribution in [1.29, 1.82) is 0 Å². The van der Waals surface area contributed by atoms with E-state index in [0.29, 0.717) is 0 Å². The summed E-state index contributed by atoms with van der Waals surface area (Å²) >= 11 is 3.44. The van der Waals surface area contributed by atoms with Crippen LogP contribution in [0.15, 0.2) is 41.0 Å². The zero-order chi connectivity index (χ0) is 14.6. The van der Waals surface area contributed by atoms with Crippen molar-refractivity contribution in [1.82, 2.24) is 15.3 Å². The van der Waals surface area contributed by atoms with Gasteiger partial charge < -0.3 is 5.32 Å². The van der Waals surface area contributed by atoms with Gasteiger partial charge in [-0.05, 0) is 44.5 Å². The van der Waals surface area contributed by atoms with Crippen molar-refractivity contribution in [3.8, 4) is 0 Å². The molecule has 0 amide bonds. The Morgan fingerprint density at radius 3 is 2.45 bits per heavy atom. The Morgan fingerprint density at radius 1 is 1.10 bits per heavy atom. The lowest BCUT2D eigenvalue weighted by Crippen LogP contribution is -2.35. The number of hydrogen-bond acceptors (Lipinski definition) is 3. The van der Waals surface area contributed by atoms with Crippen molar-refractivity contribution in [2.75, 3.05) is 0 Å². The Bertz CT molecular complexity index is 559. The van der Waals surface area contributed by atoms with Crippen LogP contribution in [0.1, 0.15) is 37.9 Å². The second kappa shape index (κ2) is 6.46. The van der Waals surface area contributed by atoms with Gasteiger partial charge in [0.05, 0.1) is 5.69 Å². The van der Waals surface area contributed by atoms with Crippen LogP contribution in [0.3, 0.4) is 0 Å². The van der Waals surface area contributed by atoms with E-state index in [9.17, 15) is 0 Å². The van der Waals surface area contributed by atoms with Gasteiger partial charge in [-0.1, -0.05) is 28.1 Å². The van der Waals surface area contributed by atoms with E-state index >= 15 is 0 Å². The van der Waals surface area contributed by atoms with Gasteiger partial charge in [-0.2, -0.15) is 0 Å². The van der Waals surface area contributed by atoms with Gasteiger partial charge in [0.15, 0.2) is 0 Å². The molecule has 0 radical (unpaired) electrons. The number of hydrogen-bond donors (Lipinski definition) is 1. The molecule has 0 saturated carbocycles. The van der Waals surface area contributed by atoms with Gasteiger partial charge in [-0.15, -0.1) is 0 Å². The molecular formula is C16H20BrN3. The quantitative estimate of drug-likeness (QED) is 0.926. The monoisotopic (exact) mass is 333 g/mol. The molecule has 0 unspecified atom stereocenters. The van der Waals surface area contributed by atoms with Crippen LogP contribution in [0.4, 0.5) is 0 Å². The van der Waals surface area contributed by atoms with E-state index in [1.165, 1.54) is 5.56 Å². The Morgan fingerprint density at radius 2 is 1.80 bits per heavy atom. The summed E-state index contributed by atoms with van der Waals surface area (Å²) in [4.78, 5) is 8.96. The van der Waals surface area contributed by atoms with E-state index in [0.717, 1.165) is 29.0 Å². The van der Waals surface area contributed by atoms with Crippen LogP contribution in [-0.2, 0) is 13.0 Å². The molecule has 0 fully saturated rings. The van der Waals surface area contributed by atoms with Crippen LogP contribution >= 0.6 is 15.9 Å². The van der Waals surface area contributed by atoms with E-state index in [4.69, 9.17) is 0 Å². The van der Waals surface area contributed by atoms with Gasteiger partial charge in [0.25, 0.3) is 0 Å². The highest BCUT2D eigenvalue weighted by atomic mass is 79.9. The Kier molecular flexibility index (Phi) is 4.89. The molecule has 2 aromatic rings. The molecule has 2 rings (SSSR count). The maximum atomic E-state index is 4.61. The second-order valence-electron chi connectivity index (χ2n) is 5.87. The fourth-order valence-corrected chi connectivity index (χ4v) is 2.03. The van der Waals surface area contributed by atoms with Gasteiger partial charge >= 0.3 is 0 Å². The summed E-state index contributed by atoms with van der Waals surface area (Å²) in [6.07, 6.45) is 2.59. The molecular weight excluding hydrogens is 314 g/mol. The highest BCUT2D eigenvalue weighted by molar-refractivity contribution is 9.10. The smallest absolute Gasteiger partial charge is 0.132 e. The molecule has 0 aliphatic heterocycles. The molecule has 0 saturated heterocycles. The number of halogens is 1. The van der Waals surface area contributed by atoms with E-state index in [-0.39, 0.29) is 5.54 Å². The molecule has 0 bridgehead atoms. The van der Waals surface area contributed by atoms with Gasteiger partial charge in [-0.25, -0.2) is 9.97 Å². The zero-order valence-electron chi connectivity index (χ0n) is 12.2. The Hall–Kier alpha value is -1.26. The number of rotatable bonds is 4. The van der Waals surface area contributed by atoms with Crippen molar-refractivity contribution in [2.24, 2.45) is 0 Å². The second-order valence-corrected chi connectivity index (χ2v) is 6.79. The lowest BCUT2D eigenvalue weighted by Gasteiger charge is -2.20. The first-order chi connectivity index (χ1) is 9.42. The predicted molar refractivity (Wildman–Crippen MR) is 85.6 cm³/mol. The minimum Gasteiger partial charge on any atom is -0.306 e. The van der Waals surface area contributed by atoms with E-state index in [1.54, 1.807) is 0 Å². The first-order valence-electron chi connectivity index (χ1n) is 6.73. The standard InChI is InChI=1S/C16H20BrN3/c1-16(2,3)19-11-14-8-9-18-15(20-14)10-12-4-6-13(17)7-5-12/h4-9,19H,10-11H2,1-3H3. The van der Waals surface area contributed by atoms with Crippen molar-refractivity contribution < 1.29 is 0 Å². The number of benzene rings is 1. The van der Waals surface area contributed by atoms with Crippen LogP contribution in [-0.4, -0.2) is 15.5 Å². The fraction of sp³-hybridized carbons (Fsp3) is 0.375. The van der Waals surface area contributed by atoms with Crippen LogP contribution in [0.2, 0.25) is 0 Å². The summed E-state index contributed by atoms with van der Waals surface area (Å²) in [7, 11) is 0. The summed E-state index contributed by atoms with van der Waals surface area (Å²) in [5, 5.41) is 3.44. The minimum atomic E-state index is 0.0941. The third-order valence-electron chi connectivity index (χ3n) is 2.84. The van der Waals surface area contributed by atoms with Crippen molar-refractivity contribution in [3.63, 3.8) is 0 Å². The largest absolute Gasteiger partial charge is 0.306 e. The number of nitrogens with zero attached hydrogens (tertiary/aromatic N) is 2. The average Bonchev–Trinajstić information content (AvgIpc) is 2.39. The molecule has 3 nitrogen and oxygen atoms in total. The summed E-state index contributed by atoms with van der Waals surface area (Å²) < 4.78 is 1.09.